The Labute approximate surface area is 142 Å². The quantitative estimate of drug-likeness (QED) is 0.918. The first-order valence-corrected chi connectivity index (χ1v) is 8.23. The zero-order chi connectivity index (χ0) is 17.7. The van der Waals surface area contributed by atoms with Gasteiger partial charge in [0.2, 0.25) is 5.91 Å². The molecule has 1 aromatic carbocycles. The predicted octanol–water partition coefficient (Wildman–Crippen LogP) is 2.36. The van der Waals surface area contributed by atoms with Gasteiger partial charge in [-0.1, -0.05) is 26.8 Å². The SMILES string of the molecule is CC(C)(C)C(=O)N1CCC(NC(=O)COc2cccc(F)c2)CC1. The molecule has 0 radical (unpaired) electrons. The van der Waals surface area contributed by atoms with E-state index in [2.05, 4.69) is 5.32 Å². The topological polar surface area (TPSA) is 58.6 Å². The minimum Gasteiger partial charge on any atom is -0.484 e. The zero-order valence-electron chi connectivity index (χ0n) is 14.5. The zero-order valence-corrected chi connectivity index (χ0v) is 14.5. The molecule has 1 fully saturated rings. The van der Waals surface area contributed by atoms with Gasteiger partial charge in [0.15, 0.2) is 6.61 Å². The number of amides is 2. The van der Waals surface area contributed by atoms with Crippen molar-refractivity contribution in [1.82, 2.24) is 10.2 Å². The predicted molar refractivity (Wildman–Crippen MR) is 89.1 cm³/mol. The van der Waals surface area contributed by atoms with Gasteiger partial charge in [0.1, 0.15) is 11.6 Å². The number of rotatable bonds is 4. The van der Waals surface area contributed by atoms with Crippen LogP contribution in [0, 0.1) is 11.2 Å². The Hall–Kier alpha value is -2.11. The van der Waals surface area contributed by atoms with Crippen molar-refractivity contribution in [3.05, 3.63) is 30.1 Å². The van der Waals surface area contributed by atoms with E-state index in [1.54, 1.807) is 6.07 Å². The number of likely N-dealkylation sites (tertiary alicyclic amines) is 1. The molecule has 1 aliphatic heterocycles. The fourth-order valence-corrected chi connectivity index (χ4v) is 2.68. The number of halogens is 1. The molecule has 2 rings (SSSR count). The van der Waals surface area contributed by atoms with Crippen molar-refractivity contribution in [1.29, 1.82) is 0 Å². The van der Waals surface area contributed by atoms with Gasteiger partial charge in [-0.3, -0.25) is 9.59 Å². The van der Waals surface area contributed by atoms with Gasteiger partial charge in [-0.2, -0.15) is 0 Å². The molecule has 0 atom stereocenters. The van der Waals surface area contributed by atoms with Crippen LogP contribution in [-0.4, -0.2) is 42.5 Å². The van der Waals surface area contributed by atoms with Gasteiger partial charge in [-0.05, 0) is 25.0 Å². The first kappa shape index (κ1) is 18.2. The normalized spacial score (nSPS) is 15.9. The number of carbonyl (C=O) groups excluding carboxylic acids is 2. The standard InChI is InChI=1S/C18H25FN2O3/c1-18(2,3)17(23)21-9-7-14(8-10-21)20-16(22)12-24-15-6-4-5-13(19)11-15/h4-6,11,14H,7-10,12H2,1-3H3,(H,20,22). The Morgan fingerprint density at radius 2 is 1.96 bits per heavy atom. The van der Waals surface area contributed by atoms with Crippen molar-refractivity contribution in [2.45, 2.75) is 39.7 Å². The smallest absolute Gasteiger partial charge is 0.258 e. The van der Waals surface area contributed by atoms with E-state index in [-0.39, 0.29) is 29.9 Å². The summed E-state index contributed by atoms with van der Waals surface area (Å²) in [5, 5.41) is 2.91. The van der Waals surface area contributed by atoms with Crippen molar-refractivity contribution in [2.75, 3.05) is 19.7 Å². The van der Waals surface area contributed by atoms with Crippen molar-refractivity contribution < 1.29 is 18.7 Å². The molecule has 0 bridgehead atoms. The summed E-state index contributed by atoms with van der Waals surface area (Å²) in [6.07, 6.45) is 1.46. The van der Waals surface area contributed by atoms with Crippen LogP contribution < -0.4 is 10.1 Å². The second-order valence-electron chi connectivity index (χ2n) is 7.13. The van der Waals surface area contributed by atoms with Crippen LogP contribution in [0.3, 0.4) is 0 Å². The maximum Gasteiger partial charge on any atom is 0.258 e. The summed E-state index contributed by atoms with van der Waals surface area (Å²) < 4.78 is 18.3. The molecular weight excluding hydrogens is 311 g/mol. The third kappa shape index (κ3) is 5.22. The van der Waals surface area contributed by atoms with Crippen LogP contribution in [0.25, 0.3) is 0 Å². The van der Waals surface area contributed by atoms with E-state index < -0.39 is 5.82 Å². The lowest BCUT2D eigenvalue weighted by Gasteiger charge is -2.36. The van der Waals surface area contributed by atoms with E-state index in [1.165, 1.54) is 18.2 Å². The Morgan fingerprint density at radius 1 is 1.29 bits per heavy atom. The van der Waals surface area contributed by atoms with Gasteiger partial charge in [0.25, 0.3) is 5.91 Å². The van der Waals surface area contributed by atoms with Gasteiger partial charge in [0.05, 0.1) is 0 Å². The molecule has 0 saturated carbocycles. The molecule has 5 nitrogen and oxygen atoms in total. The van der Waals surface area contributed by atoms with Crippen LogP contribution in [0.1, 0.15) is 33.6 Å². The highest BCUT2D eigenvalue weighted by Gasteiger charge is 2.30. The highest BCUT2D eigenvalue weighted by atomic mass is 19.1. The van der Waals surface area contributed by atoms with E-state index in [9.17, 15) is 14.0 Å². The molecule has 2 amide bonds. The second kappa shape index (κ2) is 7.64. The van der Waals surface area contributed by atoms with E-state index >= 15 is 0 Å². The second-order valence-corrected chi connectivity index (χ2v) is 7.13. The monoisotopic (exact) mass is 336 g/mol. The van der Waals surface area contributed by atoms with Crippen molar-refractivity contribution >= 4 is 11.8 Å². The van der Waals surface area contributed by atoms with Crippen molar-refractivity contribution in [3.63, 3.8) is 0 Å². The molecule has 0 unspecified atom stereocenters. The Morgan fingerprint density at radius 3 is 2.54 bits per heavy atom. The fraction of sp³-hybridized carbons (Fsp3) is 0.556. The molecule has 132 valence electrons. The van der Waals surface area contributed by atoms with Gasteiger partial charge in [-0.15, -0.1) is 0 Å². The minimum atomic E-state index is -0.399. The lowest BCUT2D eigenvalue weighted by atomic mass is 9.93. The minimum absolute atomic E-state index is 0.0395. The first-order valence-electron chi connectivity index (χ1n) is 8.23. The number of nitrogens with one attached hydrogen (secondary N) is 1. The highest BCUT2D eigenvalue weighted by molar-refractivity contribution is 5.81. The summed E-state index contributed by atoms with van der Waals surface area (Å²) in [4.78, 5) is 26.0. The molecule has 1 aromatic rings. The molecule has 0 aliphatic carbocycles. The number of benzene rings is 1. The van der Waals surface area contributed by atoms with Crippen LogP contribution in [0.5, 0.6) is 5.75 Å². The summed E-state index contributed by atoms with van der Waals surface area (Å²) in [5.41, 5.74) is -0.380. The molecule has 24 heavy (non-hydrogen) atoms. The average Bonchev–Trinajstić information content (AvgIpc) is 2.52. The van der Waals surface area contributed by atoms with Gasteiger partial charge in [0, 0.05) is 30.6 Å². The third-order valence-electron chi connectivity index (χ3n) is 3.95. The molecule has 0 spiro atoms. The van der Waals surface area contributed by atoms with Gasteiger partial charge < -0.3 is 15.0 Å². The van der Waals surface area contributed by atoms with Crippen LogP contribution >= 0.6 is 0 Å². The Bertz CT molecular complexity index is 590. The Balaban J connectivity index is 1.73. The van der Waals surface area contributed by atoms with E-state index in [0.717, 1.165) is 12.8 Å². The largest absolute Gasteiger partial charge is 0.484 e. The lowest BCUT2D eigenvalue weighted by molar-refractivity contribution is -0.140. The number of hydrogen-bond donors (Lipinski definition) is 1. The molecule has 1 saturated heterocycles. The summed E-state index contributed by atoms with van der Waals surface area (Å²) in [6, 6.07) is 5.73. The van der Waals surface area contributed by atoms with Crippen molar-refractivity contribution in [2.24, 2.45) is 5.41 Å². The molecule has 0 aromatic heterocycles. The third-order valence-corrected chi connectivity index (χ3v) is 3.95. The number of hydrogen-bond acceptors (Lipinski definition) is 3. The molecule has 1 N–H and O–H groups in total. The summed E-state index contributed by atoms with van der Waals surface area (Å²) >= 11 is 0. The fourth-order valence-electron chi connectivity index (χ4n) is 2.68. The summed E-state index contributed by atoms with van der Waals surface area (Å²) in [7, 11) is 0. The number of ether oxygens (including phenoxy) is 1. The van der Waals surface area contributed by atoms with Crippen LogP contribution in [-0.2, 0) is 9.59 Å². The maximum absolute atomic E-state index is 13.0. The van der Waals surface area contributed by atoms with E-state index in [1.807, 2.05) is 25.7 Å². The average molecular weight is 336 g/mol. The highest BCUT2D eigenvalue weighted by Crippen LogP contribution is 2.21. The molecule has 1 heterocycles. The molecule has 1 aliphatic rings. The number of piperidine rings is 1. The number of carbonyl (C=O) groups is 2. The molecular formula is C18H25FN2O3. The van der Waals surface area contributed by atoms with E-state index in [4.69, 9.17) is 4.74 Å². The first-order chi connectivity index (χ1) is 11.3. The van der Waals surface area contributed by atoms with Gasteiger partial charge >= 0.3 is 0 Å². The maximum atomic E-state index is 13.0. The van der Waals surface area contributed by atoms with Crippen molar-refractivity contribution in [3.8, 4) is 5.75 Å². The van der Waals surface area contributed by atoms with E-state index in [0.29, 0.717) is 18.8 Å². The van der Waals surface area contributed by atoms with Gasteiger partial charge in [-0.25, -0.2) is 4.39 Å². The summed E-state index contributed by atoms with van der Waals surface area (Å²) in [6.45, 7) is 6.87. The van der Waals surface area contributed by atoms with Crippen LogP contribution in [0.15, 0.2) is 24.3 Å². The Kier molecular flexibility index (Phi) is 5.80. The van der Waals surface area contributed by atoms with Crippen LogP contribution in [0.2, 0.25) is 0 Å². The number of nitrogens with zero attached hydrogens (tertiary/aromatic N) is 1. The molecule has 6 heteroatoms. The van der Waals surface area contributed by atoms with Crippen LogP contribution in [0.4, 0.5) is 4.39 Å². The lowest BCUT2D eigenvalue weighted by Crippen LogP contribution is -2.49. The summed E-state index contributed by atoms with van der Waals surface area (Å²) in [5.74, 6) is -0.166.